The first-order valence-corrected chi connectivity index (χ1v) is 5.61. The Bertz CT molecular complexity index is 249. The van der Waals surface area contributed by atoms with Crippen LogP contribution in [0.15, 0.2) is 23.4 Å². The molecule has 15 heavy (non-hydrogen) atoms. The van der Waals surface area contributed by atoms with Gasteiger partial charge >= 0.3 is 0 Å². The van der Waals surface area contributed by atoms with Crippen LogP contribution in [-0.2, 0) is 0 Å². The van der Waals surface area contributed by atoms with Crippen LogP contribution < -0.4 is 0 Å². The van der Waals surface area contributed by atoms with Crippen LogP contribution in [0.1, 0.15) is 34.1 Å². The quantitative estimate of drug-likeness (QED) is 0.525. The fourth-order valence-corrected chi connectivity index (χ4v) is 1.42. The predicted molar refractivity (Wildman–Crippen MR) is 68.4 cm³/mol. The molecule has 0 aliphatic heterocycles. The van der Waals surface area contributed by atoms with E-state index in [2.05, 4.69) is 45.7 Å². The molecule has 0 radical (unpaired) electrons. The first-order chi connectivity index (χ1) is 7.02. The van der Waals surface area contributed by atoms with Crippen molar-refractivity contribution in [1.29, 1.82) is 5.41 Å². The minimum absolute atomic E-state index is 0.645. The lowest BCUT2D eigenvalue weighted by Crippen LogP contribution is -2.22. The largest absolute Gasteiger partial charge is 0.377 e. The van der Waals surface area contributed by atoms with Crippen molar-refractivity contribution >= 4 is 6.21 Å². The third-order valence-corrected chi connectivity index (χ3v) is 2.32. The second-order valence-corrected chi connectivity index (χ2v) is 4.27. The third-order valence-electron chi connectivity index (χ3n) is 2.32. The summed E-state index contributed by atoms with van der Waals surface area (Å²) in [6, 6.07) is 0. The van der Waals surface area contributed by atoms with Crippen LogP contribution in [0.25, 0.3) is 0 Å². The Morgan fingerprint density at radius 1 is 1.40 bits per heavy atom. The molecule has 0 amide bonds. The summed E-state index contributed by atoms with van der Waals surface area (Å²) in [5.74, 6) is 0.645. The molecule has 0 aliphatic carbocycles. The first-order valence-electron chi connectivity index (χ1n) is 5.61. The zero-order valence-corrected chi connectivity index (χ0v) is 10.7. The molecule has 0 spiro atoms. The predicted octanol–water partition coefficient (Wildman–Crippen LogP) is 3.46. The van der Waals surface area contributed by atoms with Crippen molar-refractivity contribution in [1.82, 2.24) is 4.90 Å². The minimum atomic E-state index is 0.645. The van der Waals surface area contributed by atoms with Gasteiger partial charge in [0.1, 0.15) is 0 Å². The second-order valence-electron chi connectivity index (χ2n) is 4.27. The van der Waals surface area contributed by atoms with Crippen LogP contribution in [0.2, 0.25) is 0 Å². The summed E-state index contributed by atoms with van der Waals surface area (Å²) in [4.78, 5) is 2.21. The molecule has 2 heteroatoms. The van der Waals surface area contributed by atoms with E-state index in [-0.39, 0.29) is 0 Å². The van der Waals surface area contributed by atoms with Crippen LogP contribution in [0.3, 0.4) is 0 Å². The molecule has 2 nitrogen and oxygen atoms in total. The lowest BCUT2D eigenvalue weighted by Gasteiger charge is -2.23. The van der Waals surface area contributed by atoms with Gasteiger partial charge in [-0.3, -0.25) is 0 Å². The Morgan fingerprint density at radius 3 is 2.40 bits per heavy atom. The number of rotatable bonds is 6. The monoisotopic (exact) mass is 208 g/mol. The maximum Gasteiger partial charge on any atom is 0.0267 e. The van der Waals surface area contributed by atoms with E-state index in [0.717, 1.165) is 18.5 Å². The number of hydrogen-bond donors (Lipinski definition) is 1. The van der Waals surface area contributed by atoms with Crippen molar-refractivity contribution in [2.24, 2.45) is 5.92 Å². The number of nitrogens with one attached hydrogen (secondary N) is 1. The van der Waals surface area contributed by atoms with E-state index in [0.29, 0.717) is 5.92 Å². The molecule has 1 N–H and O–H groups in total. The van der Waals surface area contributed by atoms with E-state index in [4.69, 9.17) is 5.41 Å². The molecule has 0 unspecified atom stereocenters. The number of allylic oxidation sites excluding steroid dienone is 4. The molecular weight excluding hydrogens is 184 g/mol. The topological polar surface area (TPSA) is 27.1 Å². The molecule has 0 aliphatic rings. The van der Waals surface area contributed by atoms with E-state index < -0.39 is 0 Å². The minimum Gasteiger partial charge on any atom is -0.377 e. The Kier molecular flexibility index (Phi) is 6.76. The lowest BCUT2D eigenvalue weighted by molar-refractivity contribution is 0.361. The van der Waals surface area contributed by atoms with E-state index in [1.807, 2.05) is 6.08 Å². The molecule has 0 aromatic carbocycles. The zero-order chi connectivity index (χ0) is 11.8. The Morgan fingerprint density at radius 2 is 2.00 bits per heavy atom. The Balaban J connectivity index is 4.69. The number of nitrogens with zero attached hydrogens (tertiary/aromatic N) is 1. The molecule has 0 aromatic rings. The average molecular weight is 208 g/mol. The standard InChI is InChI=1S/C13H24N2/c1-6-7-8-13(9-14)12(4)15(5)10-11(2)3/h7-9,11,14H,6,10H2,1-5H3/b8-7-,13-12-,14-9?. The Labute approximate surface area is 94.2 Å². The highest BCUT2D eigenvalue weighted by Crippen LogP contribution is 2.10. The highest BCUT2D eigenvalue weighted by molar-refractivity contribution is 5.80. The van der Waals surface area contributed by atoms with E-state index >= 15 is 0 Å². The highest BCUT2D eigenvalue weighted by atomic mass is 15.1. The Hall–Kier alpha value is -1.05. The summed E-state index contributed by atoms with van der Waals surface area (Å²) >= 11 is 0. The summed E-state index contributed by atoms with van der Waals surface area (Å²) in [6.07, 6.45) is 6.56. The first kappa shape index (κ1) is 13.9. The molecule has 0 saturated carbocycles. The van der Waals surface area contributed by atoms with E-state index in [1.54, 1.807) is 0 Å². The van der Waals surface area contributed by atoms with Gasteiger partial charge in [0.2, 0.25) is 0 Å². The summed E-state index contributed by atoms with van der Waals surface area (Å²) in [5.41, 5.74) is 2.17. The van der Waals surface area contributed by atoms with Crippen molar-refractivity contribution in [2.75, 3.05) is 13.6 Å². The molecule has 0 aromatic heterocycles. The van der Waals surface area contributed by atoms with E-state index in [9.17, 15) is 0 Å². The van der Waals surface area contributed by atoms with Crippen molar-refractivity contribution in [3.8, 4) is 0 Å². The van der Waals surface area contributed by atoms with Gasteiger partial charge in [-0.15, -0.1) is 0 Å². The third kappa shape index (κ3) is 5.40. The van der Waals surface area contributed by atoms with Crippen molar-refractivity contribution in [3.63, 3.8) is 0 Å². The molecule has 0 fully saturated rings. The molecule has 0 atom stereocenters. The van der Waals surface area contributed by atoms with Crippen molar-refractivity contribution in [3.05, 3.63) is 23.4 Å². The van der Waals surface area contributed by atoms with Crippen LogP contribution in [-0.4, -0.2) is 24.7 Å². The van der Waals surface area contributed by atoms with Gasteiger partial charge in [0, 0.05) is 31.1 Å². The SMILES string of the molecule is CC/C=C\C(C=N)=C(/C)N(C)CC(C)C. The summed E-state index contributed by atoms with van der Waals surface area (Å²) in [5, 5.41) is 7.38. The van der Waals surface area contributed by atoms with Gasteiger partial charge < -0.3 is 10.3 Å². The summed E-state index contributed by atoms with van der Waals surface area (Å²) in [6.45, 7) is 9.61. The zero-order valence-electron chi connectivity index (χ0n) is 10.7. The molecule has 0 heterocycles. The van der Waals surface area contributed by atoms with Gasteiger partial charge in [0.25, 0.3) is 0 Å². The maximum absolute atomic E-state index is 7.38. The van der Waals surface area contributed by atoms with Crippen LogP contribution in [0.4, 0.5) is 0 Å². The van der Waals surface area contributed by atoms with Crippen molar-refractivity contribution in [2.45, 2.75) is 34.1 Å². The normalized spacial score (nSPS) is 13.2. The van der Waals surface area contributed by atoms with Crippen LogP contribution >= 0.6 is 0 Å². The van der Waals surface area contributed by atoms with Crippen molar-refractivity contribution < 1.29 is 0 Å². The van der Waals surface area contributed by atoms with Crippen LogP contribution in [0.5, 0.6) is 0 Å². The van der Waals surface area contributed by atoms with Gasteiger partial charge in [-0.05, 0) is 19.3 Å². The fraction of sp³-hybridized carbons (Fsp3) is 0.615. The van der Waals surface area contributed by atoms with Gasteiger partial charge in [-0.25, -0.2) is 0 Å². The highest BCUT2D eigenvalue weighted by Gasteiger charge is 2.04. The molecular formula is C13H24N2. The van der Waals surface area contributed by atoms with E-state index in [1.165, 1.54) is 11.9 Å². The lowest BCUT2D eigenvalue weighted by atomic mass is 10.1. The fourth-order valence-electron chi connectivity index (χ4n) is 1.42. The number of hydrogen-bond acceptors (Lipinski definition) is 2. The van der Waals surface area contributed by atoms with Crippen LogP contribution in [0, 0.1) is 11.3 Å². The van der Waals surface area contributed by atoms with Gasteiger partial charge in [0.15, 0.2) is 0 Å². The molecule has 0 bridgehead atoms. The molecule has 0 saturated heterocycles. The summed E-state index contributed by atoms with van der Waals surface area (Å²) < 4.78 is 0. The molecule has 0 rings (SSSR count). The smallest absolute Gasteiger partial charge is 0.0267 e. The summed E-state index contributed by atoms with van der Waals surface area (Å²) in [7, 11) is 2.08. The van der Waals surface area contributed by atoms with Gasteiger partial charge in [-0.1, -0.05) is 32.9 Å². The maximum atomic E-state index is 7.38. The second kappa shape index (κ2) is 7.27. The van der Waals surface area contributed by atoms with Gasteiger partial charge in [-0.2, -0.15) is 0 Å². The van der Waals surface area contributed by atoms with Gasteiger partial charge in [0.05, 0.1) is 0 Å². The average Bonchev–Trinajstić information content (AvgIpc) is 2.17. The molecule has 86 valence electrons.